The minimum absolute atomic E-state index is 0.0321. The Bertz CT molecular complexity index is 934. The van der Waals surface area contributed by atoms with Crippen LogP contribution in [0.15, 0.2) is 34.5 Å². The number of thiazole rings is 1. The second-order valence-electron chi connectivity index (χ2n) is 5.23. The van der Waals surface area contributed by atoms with E-state index in [9.17, 15) is 22.0 Å². The Morgan fingerprint density at radius 1 is 1.00 bits per heavy atom. The molecular formula is C17H9ClF5NS2. The van der Waals surface area contributed by atoms with Crippen molar-refractivity contribution >= 4 is 34.7 Å². The molecule has 0 atom stereocenters. The predicted octanol–water partition coefficient (Wildman–Crippen LogP) is 6.38. The zero-order valence-electron chi connectivity index (χ0n) is 12.8. The summed E-state index contributed by atoms with van der Waals surface area (Å²) >= 11 is 7.88. The molecule has 2 aromatic carbocycles. The molecule has 9 heteroatoms. The monoisotopic (exact) mass is 421 g/mol. The van der Waals surface area contributed by atoms with E-state index in [1.165, 1.54) is 23.5 Å². The molecule has 0 unspecified atom stereocenters. The first-order valence-corrected chi connectivity index (χ1v) is 9.42. The van der Waals surface area contributed by atoms with Crippen molar-refractivity contribution in [2.75, 3.05) is 0 Å². The van der Waals surface area contributed by atoms with Crippen LogP contribution < -0.4 is 0 Å². The second kappa shape index (κ2) is 7.94. The molecule has 0 bridgehead atoms. The van der Waals surface area contributed by atoms with Gasteiger partial charge in [-0.25, -0.2) is 26.9 Å². The number of thioether (sulfide) groups is 1. The quantitative estimate of drug-likeness (QED) is 0.269. The van der Waals surface area contributed by atoms with Crippen LogP contribution in [-0.2, 0) is 12.2 Å². The van der Waals surface area contributed by atoms with Gasteiger partial charge in [-0.3, -0.25) is 0 Å². The third kappa shape index (κ3) is 4.19. The second-order valence-corrected chi connectivity index (χ2v) is 7.57. The van der Waals surface area contributed by atoms with Crippen LogP contribution in [0, 0.1) is 29.1 Å². The molecular weight excluding hydrogens is 413 g/mol. The van der Waals surface area contributed by atoms with E-state index in [0.29, 0.717) is 34.4 Å². The summed E-state index contributed by atoms with van der Waals surface area (Å²) < 4.78 is 66.8. The fourth-order valence-electron chi connectivity index (χ4n) is 2.15. The highest BCUT2D eigenvalue weighted by Crippen LogP contribution is 2.32. The van der Waals surface area contributed by atoms with Crippen LogP contribution in [0.4, 0.5) is 22.0 Å². The molecule has 0 spiro atoms. The summed E-state index contributed by atoms with van der Waals surface area (Å²) in [6, 6.07) is 4.21. The van der Waals surface area contributed by atoms with Crippen LogP contribution in [0.1, 0.15) is 16.3 Å². The summed E-state index contributed by atoms with van der Waals surface area (Å²) in [5.74, 6) is -6.16. The van der Waals surface area contributed by atoms with E-state index in [-0.39, 0.29) is 16.8 Å². The molecule has 1 nitrogen and oxygen atoms in total. The summed E-state index contributed by atoms with van der Waals surface area (Å²) in [6.45, 7) is 0. The summed E-state index contributed by atoms with van der Waals surface area (Å²) in [5, 5.41) is 2.61. The fraction of sp³-hybridized carbons (Fsp3) is 0.118. The van der Waals surface area contributed by atoms with Gasteiger partial charge in [0.15, 0.2) is 23.3 Å². The van der Waals surface area contributed by atoms with E-state index in [1.807, 2.05) is 0 Å². The Balaban J connectivity index is 1.72. The van der Waals surface area contributed by atoms with Gasteiger partial charge in [-0.05, 0) is 17.7 Å². The lowest BCUT2D eigenvalue weighted by molar-refractivity contribution is 0.426. The highest BCUT2D eigenvalue weighted by atomic mass is 35.5. The number of halogens is 6. The predicted molar refractivity (Wildman–Crippen MR) is 92.2 cm³/mol. The average Bonchev–Trinajstić information content (AvgIpc) is 3.03. The van der Waals surface area contributed by atoms with E-state index in [0.717, 1.165) is 0 Å². The Morgan fingerprint density at radius 2 is 1.69 bits per heavy atom. The van der Waals surface area contributed by atoms with Crippen molar-refractivity contribution in [2.24, 2.45) is 0 Å². The number of hydrogen-bond acceptors (Lipinski definition) is 3. The molecule has 0 aliphatic carbocycles. The lowest BCUT2D eigenvalue weighted by atomic mass is 10.1. The minimum atomic E-state index is -1.45. The largest absolute Gasteiger partial charge is 0.245 e. The van der Waals surface area contributed by atoms with Crippen LogP contribution >= 0.6 is 34.7 Å². The van der Waals surface area contributed by atoms with Crippen molar-refractivity contribution in [3.63, 3.8) is 0 Å². The van der Waals surface area contributed by atoms with Gasteiger partial charge >= 0.3 is 0 Å². The minimum Gasteiger partial charge on any atom is -0.245 e. The third-order valence-corrected chi connectivity index (χ3v) is 5.73. The SMILES string of the molecule is Fc1ccc(Cc2nc(CSc3c(F)c(F)cc(F)c3F)cs2)c(Cl)c1. The van der Waals surface area contributed by atoms with Gasteiger partial charge in [0.25, 0.3) is 0 Å². The summed E-state index contributed by atoms with van der Waals surface area (Å²) in [6.07, 6.45) is 0.367. The molecule has 0 amide bonds. The molecule has 3 rings (SSSR count). The fourth-order valence-corrected chi connectivity index (χ4v) is 4.19. The average molecular weight is 422 g/mol. The van der Waals surface area contributed by atoms with E-state index in [2.05, 4.69) is 4.98 Å². The third-order valence-electron chi connectivity index (χ3n) is 3.39. The number of rotatable bonds is 5. The molecule has 0 radical (unpaired) electrons. The van der Waals surface area contributed by atoms with Gasteiger partial charge in [-0.1, -0.05) is 17.7 Å². The van der Waals surface area contributed by atoms with Crippen molar-refractivity contribution in [3.05, 3.63) is 80.0 Å². The molecule has 1 heterocycles. The Labute approximate surface area is 158 Å². The first kappa shape index (κ1) is 19.1. The van der Waals surface area contributed by atoms with Crippen molar-refractivity contribution in [1.82, 2.24) is 4.98 Å². The van der Waals surface area contributed by atoms with E-state index < -0.39 is 34.0 Å². The van der Waals surface area contributed by atoms with Gasteiger partial charge in [0.1, 0.15) is 5.82 Å². The zero-order chi connectivity index (χ0) is 18.8. The Hall–Kier alpha value is -1.64. The van der Waals surface area contributed by atoms with Crippen LogP contribution in [0.5, 0.6) is 0 Å². The molecule has 0 saturated carbocycles. The molecule has 0 aliphatic heterocycles. The molecule has 0 saturated heterocycles. The maximum absolute atomic E-state index is 13.6. The molecule has 136 valence electrons. The van der Waals surface area contributed by atoms with Gasteiger partial charge in [-0.15, -0.1) is 23.1 Å². The van der Waals surface area contributed by atoms with Crippen LogP contribution in [0.3, 0.4) is 0 Å². The number of benzene rings is 2. The van der Waals surface area contributed by atoms with Crippen molar-refractivity contribution in [2.45, 2.75) is 17.1 Å². The maximum atomic E-state index is 13.6. The summed E-state index contributed by atoms with van der Waals surface area (Å²) in [5.41, 5.74) is 1.18. The smallest absolute Gasteiger partial charge is 0.175 e. The molecule has 0 fully saturated rings. The van der Waals surface area contributed by atoms with Crippen LogP contribution in [0.2, 0.25) is 5.02 Å². The number of nitrogens with zero attached hydrogens (tertiary/aromatic N) is 1. The van der Waals surface area contributed by atoms with Crippen molar-refractivity contribution < 1.29 is 22.0 Å². The van der Waals surface area contributed by atoms with Gasteiger partial charge in [0.2, 0.25) is 0 Å². The lowest BCUT2D eigenvalue weighted by Crippen LogP contribution is -1.97. The van der Waals surface area contributed by atoms with Crippen molar-refractivity contribution in [3.8, 4) is 0 Å². The van der Waals surface area contributed by atoms with Gasteiger partial charge in [-0.2, -0.15) is 0 Å². The Morgan fingerprint density at radius 3 is 2.35 bits per heavy atom. The van der Waals surface area contributed by atoms with Crippen molar-refractivity contribution in [1.29, 1.82) is 0 Å². The first-order valence-electron chi connectivity index (χ1n) is 7.18. The number of hydrogen-bond donors (Lipinski definition) is 0. The molecule has 3 aromatic rings. The lowest BCUT2D eigenvalue weighted by Gasteiger charge is -2.05. The van der Waals surface area contributed by atoms with E-state index in [4.69, 9.17) is 11.6 Å². The molecule has 1 aromatic heterocycles. The highest BCUT2D eigenvalue weighted by molar-refractivity contribution is 7.98. The normalized spacial score (nSPS) is 11.2. The van der Waals surface area contributed by atoms with Crippen LogP contribution in [-0.4, -0.2) is 4.98 Å². The Kier molecular flexibility index (Phi) is 5.84. The standard InChI is InChI=1S/C17H9ClF5NS2/c18-11-4-9(19)2-1-8(11)3-14-24-10(6-25-14)7-26-17-15(22)12(20)5-13(21)16(17)23/h1-2,4-6H,3,7H2. The van der Waals surface area contributed by atoms with E-state index in [1.54, 1.807) is 11.4 Å². The topological polar surface area (TPSA) is 12.9 Å². The molecule has 0 N–H and O–H groups in total. The van der Waals surface area contributed by atoms with Gasteiger partial charge in [0.05, 0.1) is 15.6 Å². The van der Waals surface area contributed by atoms with Gasteiger partial charge < -0.3 is 0 Å². The van der Waals surface area contributed by atoms with Crippen LogP contribution in [0.25, 0.3) is 0 Å². The summed E-state index contributed by atoms with van der Waals surface area (Å²) in [4.78, 5) is 3.58. The van der Waals surface area contributed by atoms with Gasteiger partial charge in [0, 0.05) is 28.6 Å². The summed E-state index contributed by atoms with van der Waals surface area (Å²) in [7, 11) is 0. The molecule has 0 aliphatic rings. The maximum Gasteiger partial charge on any atom is 0.175 e. The highest BCUT2D eigenvalue weighted by Gasteiger charge is 2.20. The zero-order valence-corrected chi connectivity index (χ0v) is 15.2. The molecule has 26 heavy (non-hydrogen) atoms. The first-order chi connectivity index (χ1) is 12.3. The van der Waals surface area contributed by atoms with E-state index >= 15 is 0 Å². The number of aromatic nitrogens is 1.